The van der Waals surface area contributed by atoms with Crippen molar-refractivity contribution in [2.75, 3.05) is 32.1 Å². The van der Waals surface area contributed by atoms with Crippen molar-refractivity contribution in [2.45, 2.75) is 44.9 Å². The van der Waals surface area contributed by atoms with E-state index in [0.717, 1.165) is 49.0 Å². The first-order valence-corrected chi connectivity index (χ1v) is 11.5. The van der Waals surface area contributed by atoms with Gasteiger partial charge in [0.15, 0.2) is 17.5 Å². The second kappa shape index (κ2) is 10.9. The van der Waals surface area contributed by atoms with Gasteiger partial charge in [-0.1, -0.05) is 36.4 Å². The Hall–Kier alpha value is -3.15. The van der Waals surface area contributed by atoms with Gasteiger partial charge in [-0.15, -0.1) is 0 Å². The summed E-state index contributed by atoms with van der Waals surface area (Å²) in [5.74, 6) is 2.39. The minimum atomic E-state index is 0.279. The van der Waals surface area contributed by atoms with Crippen LogP contribution in [-0.2, 0) is 13.1 Å². The number of ether oxygens (including phenoxy) is 2. The lowest BCUT2D eigenvalue weighted by atomic mass is 10.1. The minimum Gasteiger partial charge on any atom is -0.493 e. The molecule has 1 saturated carbocycles. The second-order valence-corrected chi connectivity index (χ2v) is 8.29. The van der Waals surface area contributed by atoms with E-state index >= 15 is 0 Å². The summed E-state index contributed by atoms with van der Waals surface area (Å²) in [5, 5.41) is 6.82. The first-order valence-electron chi connectivity index (χ1n) is 11.5. The van der Waals surface area contributed by atoms with Crippen molar-refractivity contribution >= 4 is 11.6 Å². The van der Waals surface area contributed by atoms with Crippen LogP contribution >= 0.6 is 0 Å². The van der Waals surface area contributed by atoms with Crippen molar-refractivity contribution in [3.63, 3.8) is 0 Å². The van der Waals surface area contributed by atoms with Gasteiger partial charge in [0.05, 0.1) is 13.2 Å². The molecule has 1 aliphatic heterocycles. The van der Waals surface area contributed by atoms with Crippen LogP contribution in [0.1, 0.15) is 36.8 Å². The molecule has 2 aromatic carbocycles. The van der Waals surface area contributed by atoms with Gasteiger partial charge in [-0.3, -0.25) is 4.99 Å². The molecule has 170 valence electrons. The maximum absolute atomic E-state index is 6.34. The Labute approximate surface area is 191 Å². The van der Waals surface area contributed by atoms with Crippen LogP contribution in [0.5, 0.6) is 11.5 Å². The molecule has 0 aromatic heterocycles. The summed E-state index contributed by atoms with van der Waals surface area (Å²) in [7, 11) is 3.49. The van der Waals surface area contributed by atoms with Gasteiger partial charge in [0.25, 0.3) is 0 Å². The largest absolute Gasteiger partial charge is 0.493 e. The standard InChI is InChI=1S/C26H34N4O2/c1-27-26(28-18-20-12-14-22(15-13-20)30-16-5-6-17-30)29-19-21-8-7-11-24(31-2)25(21)32-23-9-3-4-10-23/h5-8,11-15,23H,3-4,9-10,16-19H2,1-2H3,(H2,27,28,29). The lowest BCUT2D eigenvalue weighted by Gasteiger charge is -2.20. The van der Waals surface area contributed by atoms with Crippen LogP contribution in [0.15, 0.2) is 59.6 Å². The number of benzene rings is 2. The van der Waals surface area contributed by atoms with Crippen molar-refractivity contribution in [1.29, 1.82) is 0 Å². The first-order chi connectivity index (χ1) is 15.8. The molecule has 0 unspecified atom stereocenters. The lowest BCUT2D eigenvalue weighted by molar-refractivity contribution is 0.198. The van der Waals surface area contributed by atoms with E-state index < -0.39 is 0 Å². The smallest absolute Gasteiger partial charge is 0.191 e. The molecule has 1 fully saturated rings. The van der Waals surface area contributed by atoms with Crippen LogP contribution in [0.4, 0.5) is 5.69 Å². The van der Waals surface area contributed by atoms with E-state index in [1.54, 1.807) is 14.2 Å². The molecular weight excluding hydrogens is 400 g/mol. The number of methoxy groups -OCH3 is 1. The highest BCUT2D eigenvalue weighted by molar-refractivity contribution is 5.79. The summed E-state index contributed by atoms with van der Waals surface area (Å²) in [5.41, 5.74) is 3.55. The van der Waals surface area contributed by atoms with Crippen LogP contribution in [0, 0.1) is 0 Å². The van der Waals surface area contributed by atoms with Gasteiger partial charge in [-0.2, -0.15) is 0 Å². The van der Waals surface area contributed by atoms with Crippen molar-refractivity contribution in [3.8, 4) is 11.5 Å². The number of para-hydroxylation sites is 1. The number of hydrogen-bond acceptors (Lipinski definition) is 4. The molecule has 2 aliphatic rings. The SMILES string of the molecule is CN=C(NCc1ccc(N2CC=CC2)cc1)NCc1cccc(OC)c1OC1CCCC1. The minimum absolute atomic E-state index is 0.279. The van der Waals surface area contributed by atoms with E-state index in [1.807, 2.05) is 12.1 Å². The molecule has 0 spiro atoms. The summed E-state index contributed by atoms with van der Waals surface area (Å²) in [6.45, 7) is 3.30. The zero-order valence-electron chi connectivity index (χ0n) is 19.1. The Morgan fingerprint density at radius 1 is 1.00 bits per heavy atom. The summed E-state index contributed by atoms with van der Waals surface area (Å²) in [4.78, 5) is 6.72. The molecule has 1 heterocycles. The van der Waals surface area contributed by atoms with Gasteiger partial charge in [0.1, 0.15) is 0 Å². The number of anilines is 1. The normalized spacial score (nSPS) is 16.4. The molecule has 0 amide bonds. The highest BCUT2D eigenvalue weighted by Gasteiger charge is 2.20. The topological polar surface area (TPSA) is 58.1 Å². The number of hydrogen-bond donors (Lipinski definition) is 2. The number of guanidine groups is 1. The second-order valence-electron chi connectivity index (χ2n) is 8.29. The van der Waals surface area contributed by atoms with E-state index in [0.29, 0.717) is 13.1 Å². The van der Waals surface area contributed by atoms with Gasteiger partial charge in [0, 0.05) is 44.5 Å². The van der Waals surface area contributed by atoms with Crippen molar-refractivity contribution in [3.05, 3.63) is 65.7 Å². The highest BCUT2D eigenvalue weighted by atomic mass is 16.5. The monoisotopic (exact) mass is 434 g/mol. The lowest BCUT2D eigenvalue weighted by Crippen LogP contribution is -2.36. The van der Waals surface area contributed by atoms with Crippen LogP contribution in [0.25, 0.3) is 0 Å². The molecule has 0 atom stereocenters. The molecule has 6 heteroatoms. The zero-order valence-corrected chi connectivity index (χ0v) is 19.1. The number of nitrogens with one attached hydrogen (secondary N) is 2. The van der Waals surface area contributed by atoms with Crippen LogP contribution < -0.4 is 25.0 Å². The third-order valence-corrected chi connectivity index (χ3v) is 6.12. The number of aliphatic imine (C=N–C) groups is 1. The summed E-state index contributed by atoms with van der Waals surface area (Å²) >= 11 is 0. The Morgan fingerprint density at radius 3 is 2.41 bits per heavy atom. The molecule has 0 bridgehead atoms. The fourth-order valence-corrected chi connectivity index (χ4v) is 4.27. The van der Waals surface area contributed by atoms with Gasteiger partial charge in [0.2, 0.25) is 0 Å². The maximum atomic E-state index is 6.34. The maximum Gasteiger partial charge on any atom is 0.191 e. The number of nitrogens with zero attached hydrogens (tertiary/aromatic N) is 2. The highest BCUT2D eigenvalue weighted by Crippen LogP contribution is 2.34. The van der Waals surface area contributed by atoms with Crippen LogP contribution in [0.2, 0.25) is 0 Å². The van der Waals surface area contributed by atoms with E-state index in [2.05, 4.69) is 63.0 Å². The third kappa shape index (κ3) is 5.55. The molecule has 2 N–H and O–H groups in total. The third-order valence-electron chi connectivity index (χ3n) is 6.12. The summed E-state index contributed by atoms with van der Waals surface area (Å²) < 4.78 is 11.9. The van der Waals surface area contributed by atoms with Crippen LogP contribution in [0.3, 0.4) is 0 Å². The quantitative estimate of drug-likeness (QED) is 0.369. The van der Waals surface area contributed by atoms with E-state index in [9.17, 15) is 0 Å². The molecule has 0 saturated heterocycles. The Morgan fingerprint density at radius 2 is 1.72 bits per heavy atom. The summed E-state index contributed by atoms with van der Waals surface area (Å²) in [6, 6.07) is 14.8. The number of rotatable bonds is 8. The average Bonchev–Trinajstić information content (AvgIpc) is 3.55. The van der Waals surface area contributed by atoms with E-state index in [1.165, 1.54) is 24.1 Å². The predicted molar refractivity (Wildman–Crippen MR) is 131 cm³/mol. The van der Waals surface area contributed by atoms with Crippen molar-refractivity contribution in [1.82, 2.24) is 10.6 Å². The molecule has 6 nitrogen and oxygen atoms in total. The average molecular weight is 435 g/mol. The fourth-order valence-electron chi connectivity index (χ4n) is 4.27. The first kappa shape index (κ1) is 22.1. The van der Waals surface area contributed by atoms with Gasteiger partial charge >= 0.3 is 0 Å². The van der Waals surface area contributed by atoms with Crippen molar-refractivity contribution in [2.24, 2.45) is 4.99 Å². The van der Waals surface area contributed by atoms with Crippen molar-refractivity contribution < 1.29 is 9.47 Å². The molecule has 1 aliphatic carbocycles. The molecule has 2 aromatic rings. The van der Waals surface area contributed by atoms with Gasteiger partial charge in [-0.05, 0) is 49.4 Å². The molecule has 32 heavy (non-hydrogen) atoms. The fraction of sp³-hybridized carbons (Fsp3) is 0.423. The van der Waals surface area contributed by atoms with Gasteiger partial charge < -0.3 is 25.0 Å². The Balaban J connectivity index is 1.33. The molecule has 4 rings (SSSR count). The Bertz CT molecular complexity index is 925. The zero-order chi connectivity index (χ0) is 22.2. The Kier molecular flexibility index (Phi) is 7.54. The molecule has 0 radical (unpaired) electrons. The van der Waals surface area contributed by atoms with Crippen LogP contribution in [-0.4, -0.2) is 39.3 Å². The van der Waals surface area contributed by atoms with E-state index in [-0.39, 0.29) is 6.10 Å². The van der Waals surface area contributed by atoms with E-state index in [4.69, 9.17) is 9.47 Å². The van der Waals surface area contributed by atoms with Gasteiger partial charge in [-0.25, -0.2) is 0 Å². The summed E-state index contributed by atoms with van der Waals surface area (Å²) in [6.07, 6.45) is 9.39. The molecular formula is C26H34N4O2. The predicted octanol–water partition coefficient (Wildman–Crippen LogP) is 4.26.